The van der Waals surface area contributed by atoms with Crippen LogP contribution in [0.15, 0.2) is 11.9 Å². The number of hydrogen-bond donors (Lipinski definition) is 0. The van der Waals surface area contributed by atoms with Gasteiger partial charge in [-0.15, -0.1) is 0 Å². The molecule has 0 rings (SSSR count). The predicted octanol–water partition coefficient (Wildman–Crippen LogP) is 5.51. The molecule has 0 aliphatic heterocycles. The Hall–Kier alpha value is -0.970. The lowest BCUT2D eigenvalue weighted by atomic mass is 9.85. The third-order valence-corrected chi connectivity index (χ3v) is 6.29. The zero-order valence-electron chi connectivity index (χ0n) is 17.6. The molecule has 158 valence electrons. The van der Waals surface area contributed by atoms with E-state index in [0.29, 0.717) is 6.42 Å². The third-order valence-electron chi connectivity index (χ3n) is 4.74. The van der Waals surface area contributed by atoms with Crippen LogP contribution in [-0.4, -0.2) is 33.1 Å². The van der Waals surface area contributed by atoms with Crippen molar-refractivity contribution in [2.75, 3.05) is 21.3 Å². The zero-order chi connectivity index (χ0) is 20.7. The minimum absolute atomic E-state index is 0.263. The second-order valence-corrected chi connectivity index (χ2v) is 8.89. The first-order valence-corrected chi connectivity index (χ1v) is 11.4. The molecule has 6 nitrogen and oxygen atoms in total. The number of ketones is 1. The lowest BCUT2D eigenvalue weighted by Gasteiger charge is -2.21. The van der Waals surface area contributed by atoms with Gasteiger partial charge < -0.3 is 13.8 Å². The summed E-state index contributed by atoms with van der Waals surface area (Å²) in [5, 5.41) is 0. The number of Topliss-reactive ketones (excluding diaryl/α,β-unsaturated/α-hetero) is 1. The van der Waals surface area contributed by atoms with Gasteiger partial charge in [-0.05, 0) is 19.3 Å². The number of rotatable bonds is 16. The predicted molar refractivity (Wildman–Crippen MR) is 108 cm³/mol. The molecule has 0 radical (unpaired) electrons. The molecule has 0 spiro atoms. The lowest BCUT2D eigenvalue weighted by molar-refractivity contribution is -0.150. The van der Waals surface area contributed by atoms with E-state index in [2.05, 4.69) is 6.92 Å². The Morgan fingerprint density at radius 2 is 1.44 bits per heavy atom. The Kier molecular flexibility index (Phi) is 14.5. The van der Waals surface area contributed by atoms with Gasteiger partial charge >= 0.3 is 13.6 Å². The normalized spacial score (nSPS) is 14.3. The SMILES string of the molecule is CCCCCCCCCC[C@@H](/C=C/P(=O)(OC)OC)C(C(C)=O)C(=O)OC. The summed E-state index contributed by atoms with van der Waals surface area (Å²) >= 11 is 0. The molecular formula is C20H37O6P. The van der Waals surface area contributed by atoms with E-state index in [4.69, 9.17) is 13.8 Å². The monoisotopic (exact) mass is 404 g/mol. The Balaban J connectivity index is 4.88. The van der Waals surface area contributed by atoms with Gasteiger partial charge in [0.05, 0.1) is 7.11 Å². The first kappa shape index (κ1) is 26.0. The van der Waals surface area contributed by atoms with Crippen LogP contribution in [0.1, 0.15) is 71.6 Å². The van der Waals surface area contributed by atoms with E-state index in [1.807, 2.05) is 0 Å². The van der Waals surface area contributed by atoms with Crippen molar-refractivity contribution in [1.82, 2.24) is 0 Å². The third kappa shape index (κ3) is 10.8. The van der Waals surface area contributed by atoms with E-state index in [9.17, 15) is 14.2 Å². The highest BCUT2D eigenvalue weighted by atomic mass is 31.2. The summed E-state index contributed by atoms with van der Waals surface area (Å²) in [6, 6.07) is 0. The molecule has 0 bridgehead atoms. The minimum atomic E-state index is -3.35. The van der Waals surface area contributed by atoms with E-state index in [1.165, 1.54) is 66.2 Å². The molecule has 7 heteroatoms. The second-order valence-electron chi connectivity index (χ2n) is 6.79. The fourth-order valence-corrected chi connectivity index (χ4v) is 3.89. The summed E-state index contributed by atoms with van der Waals surface area (Å²) in [4.78, 5) is 24.1. The highest BCUT2D eigenvalue weighted by Gasteiger charge is 2.32. The molecule has 0 aliphatic carbocycles. The molecule has 0 amide bonds. The number of methoxy groups -OCH3 is 1. The molecule has 0 saturated carbocycles. The van der Waals surface area contributed by atoms with Crippen LogP contribution >= 0.6 is 7.60 Å². The Labute approximate surface area is 164 Å². The Morgan fingerprint density at radius 1 is 0.926 bits per heavy atom. The average molecular weight is 404 g/mol. The smallest absolute Gasteiger partial charge is 0.353 e. The van der Waals surface area contributed by atoms with Crippen molar-refractivity contribution in [1.29, 1.82) is 0 Å². The van der Waals surface area contributed by atoms with Gasteiger partial charge in [0.2, 0.25) is 0 Å². The summed E-state index contributed by atoms with van der Waals surface area (Å²) in [6.45, 7) is 3.58. The summed E-state index contributed by atoms with van der Waals surface area (Å²) in [7, 11) is 0.513. The molecule has 0 fully saturated rings. The van der Waals surface area contributed by atoms with Gasteiger partial charge in [-0.25, -0.2) is 0 Å². The van der Waals surface area contributed by atoms with Crippen molar-refractivity contribution in [3.63, 3.8) is 0 Å². The molecule has 0 aromatic rings. The Bertz CT molecular complexity index is 495. The van der Waals surface area contributed by atoms with Gasteiger partial charge in [-0.3, -0.25) is 14.2 Å². The van der Waals surface area contributed by atoms with E-state index in [-0.39, 0.29) is 5.78 Å². The topological polar surface area (TPSA) is 78.9 Å². The molecule has 0 saturated heterocycles. The minimum Gasteiger partial charge on any atom is -0.468 e. The number of allylic oxidation sites excluding steroid dienone is 1. The highest BCUT2D eigenvalue weighted by Crippen LogP contribution is 2.48. The molecule has 27 heavy (non-hydrogen) atoms. The highest BCUT2D eigenvalue weighted by molar-refractivity contribution is 7.57. The van der Waals surface area contributed by atoms with Crippen molar-refractivity contribution < 1.29 is 27.9 Å². The fraction of sp³-hybridized carbons (Fsp3) is 0.800. The van der Waals surface area contributed by atoms with Crippen molar-refractivity contribution in [2.45, 2.75) is 71.6 Å². The van der Waals surface area contributed by atoms with Gasteiger partial charge in [0, 0.05) is 20.0 Å². The number of carbonyl (C=O) groups excluding carboxylic acids is 2. The molecule has 0 aliphatic rings. The van der Waals surface area contributed by atoms with Crippen LogP contribution in [0.2, 0.25) is 0 Å². The maximum Gasteiger partial charge on any atom is 0.353 e. The first-order valence-electron chi connectivity index (χ1n) is 9.84. The van der Waals surface area contributed by atoms with Gasteiger partial charge in [-0.1, -0.05) is 64.4 Å². The fourth-order valence-electron chi connectivity index (χ4n) is 3.07. The van der Waals surface area contributed by atoms with Crippen LogP contribution in [-0.2, 0) is 27.9 Å². The number of hydrogen-bond acceptors (Lipinski definition) is 6. The molecule has 0 aromatic heterocycles. The van der Waals surface area contributed by atoms with Crippen LogP contribution in [0.3, 0.4) is 0 Å². The maximum absolute atomic E-state index is 12.3. The average Bonchev–Trinajstić information content (AvgIpc) is 2.66. The standard InChI is InChI=1S/C20H37O6P/c1-6-7-8-9-10-11-12-13-14-18(15-16-27(23,25-4)26-5)19(17(2)21)20(22)24-3/h15-16,18-19H,6-14H2,1-5H3/b16-15+/t18-,19?/m0/s1. The van der Waals surface area contributed by atoms with Gasteiger partial charge in [0.25, 0.3) is 0 Å². The van der Waals surface area contributed by atoms with E-state index >= 15 is 0 Å². The quantitative estimate of drug-likeness (QED) is 0.146. The number of esters is 1. The summed E-state index contributed by atoms with van der Waals surface area (Å²) in [5.74, 6) is -0.796. The molecule has 2 atom stereocenters. The van der Waals surface area contributed by atoms with Crippen LogP contribution in [0, 0.1) is 11.8 Å². The van der Waals surface area contributed by atoms with Crippen LogP contribution in [0.25, 0.3) is 0 Å². The number of unbranched alkanes of at least 4 members (excludes halogenated alkanes) is 7. The van der Waals surface area contributed by atoms with Crippen LogP contribution < -0.4 is 0 Å². The lowest BCUT2D eigenvalue weighted by Crippen LogP contribution is -2.30. The van der Waals surface area contributed by atoms with Crippen molar-refractivity contribution in [3.8, 4) is 0 Å². The van der Waals surface area contributed by atoms with Crippen LogP contribution in [0.5, 0.6) is 0 Å². The van der Waals surface area contributed by atoms with Gasteiger partial charge in [0.1, 0.15) is 11.7 Å². The summed E-state index contributed by atoms with van der Waals surface area (Å²) < 4.78 is 26.9. The zero-order valence-corrected chi connectivity index (χ0v) is 18.5. The molecule has 0 aromatic carbocycles. The first-order chi connectivity index (χ1) is 12.8. The van der Waals surface area contributed by atoms with Crippen molar-refractivity contribution in [2.24, 2.45) is 11.8 Å². The van der Waals surface area contributed by atoms with Crippen molar-refractivity contribution in [3.05, 3.63) is 11.9 Å². The molecular weight excluding hydrogens is 367 g/mol. The number of ether oxygens (including phenoxy) is 1. The van der Waals surface area contributed by atoms with E-state index in [1.54, 1.807) is 6.08 Å². The van der Waals surface area contributed by atoms with Gasteiger partial charge in [-0.2, -0.15) is 0 Å². The largest absolute Gasteiger partial charge is 0.468 e. The molecule has 0 N–H and O–H groups in total. The Morgan fingerprint density at radius 3 is 1.89 bits per heavy atom. The summed E-state index contributed by atoms with van der Waals surface area (Å²) in [6.07, 6.45) is 11.6. The second kappa shape index (κ2) is 15.0. The molecule has 0 heterocycles. The molecule has 1 unspecified atom stereocenters. The van der Waals surface area contributed by atoms with Crippen LogP contribution in [0.4, 0.5) is 0 Å². The van der Waals surface area contributed by atoms with E-state index < -0.39 is 25.4 Å². The van der Waals surface area contributed by atoms with Crippen molar-refractivity contribution >= 4 is 19.3 Å². The summed E-state index contributed by atoms with van der Waals surface area (Å²) in [5.41, 5.74) is 0. The maximum atomic E-state index is 12.3. The van der Waals surface area contributed by atoms with Gasteiger partial charge in [0.15, 0.2) is 0 Å². The number of carbonyl (C=O) groups is 2. The van der Waals surface area contributed by atoms with E-state index in [0.717, 1.165) is 19.3 Å².